The van der Waals surface area contributed by atoms with Gasteiger partial charge >= 0.3 is 6.01 Å². The maximum Gasteiger partial charge on any atom is 0.322 e. The summed E-state index contributed by atoms with van der Waals surface area (Å²) in [7, 11) is -3.74. The van der Waals surface area contributed by atoms with Crippen molar-refractivity contribution in [3.8, 4) is 11.8 Å². The first-order valence-electron chi connectivity index (χ1n) is 7.28. The summed E-state index contributed by atoms with van der Waals surface area (Å²) in [5.74, 6) is -0.564. The summed E-state index contributed by atoms with van der Waals surface area (Å²) in [6, 6.07) is 12.2. The van der Waals surface area contributed by atoms with Crippen molar-refractivity contribution in [1.82, 2.24) is 9.97 Å². The summed E-state index contributed by atoms with van der Waals surface area (Å²) < 4.78 is 45.7. The van der Waals surface area contributed by atoms with Gasteiger partial charge in [0.15, 0.2) is 11.6 Å². The lowest BCUT2D eigenvalue weighted by molar-refractivity contribution is 0.411. The number of para-hydroxylation sites is 1. The molecule has 1 heterocycles. The predicted molar refractivity (Wildman–Crippen MR) is 90.5 cm³/mol. The van der Waals surface area contributed by atoms with E-state index < -0.39 is 15.8 Å². The fraction of sp³-hybridized carbons (Fsp3) is 0.0588. The van der Waals surface area contributed by atoms with Crippen molar-refractivity contribution < 1.29 is 17.5 Å². The molecule has 25 heavy (non-hydrogen) atoms. The molecular weight excluding hydrogens is 345 g/mol. The van der Waals surface area contributed by atoms with E-state index in [0.717, 1.165) is 5.56 Å². The maximum atomic E-state index is 13.5. The van der Waals surface area contributed by atoms with Crippen LogP contribution < -0.4 is 9.46 Å². The lowest BCUT2D eigenvalue weighted by atomic mass is 10.2. The number of halogens is 1. The van der Waals surface area contributed by atoms with Crippen molar-refractivity contribution >= 4 is 15.7 Å². The molecule has 6 nitrogen and oxygen atoms in total. The van der Waals surface area contributed by atoms with Crippen LogP contribution in [-0.2, 0) is 10.0 Å². The van der Waals surface area contributed by atoms with Crippen LogP contribution in [0.4, 0.5) is 10.1 Å². The van der Waals surface area contributed by atoms with Crippen LogP contribution in [0.25, 0.3) is 0 Å². The number of aryl methyl sites for hydroxylation is 1. The summed E-state index contributed by atoms with van der Waals surface area (Å²) in [6.45, 7) is 1.87. The maximum absolute atomic E-state index is 13.5. The molecule has 0 fully saturated rings. The molecule has 0 saturated carbocycles. The Kier molecular flexibility index (Phi) is 4.62. The van der Waals surface area contributed by atoms with Gasteiger partial charge in [-0.05, 0) is 31.2 Å². The van der Waals surface area contributed by atoms with E-state index in [2.05, 4.69) is 14.7 Å². The summed E-state index contributed by atoms with van der Waals surface area (Å²) in [5, 5.41) is 0. The average Bonchev–Trinajstić information content (AvgIpc) is 2.59. The highest BCUT2D eigenvalue weighted by molar-refractivity contribution is 7.92. The number of anilines is 1. The zero-order valence-electron chi connectivity index (χ0n) is 13.2. The van der Waals surface area contributed by atoms with E-state index in [9.17, 15) is 12.8 Å². The number of rotatable bonds is 5. The van der Waals surface area contributed by atoms with E-state index in [1.807, 2.05) is 6.92 Å². The molecule has 0 radical (unpaired) electrons. The molecule has 2 aromatic carbocycles. The van der Waals surface area contributed by atoms with Crippen molar-refractivity contribution in [2.75, 3.05) is 4.72 Å². The van der Waals surface area contributed by atoms with Gasteiger partial charge in [0, 0.05) is 0 Å². The predicted octanol–water partition coefficient (Wildman–Crippen LogP) is 3.52. The van der Waals surface area contributed by atoms with Gasteiger partial charge in [-0.3, -0.25) is 4.72 Å². The molecule has 3 aromatic rings. The van der Waals surface area contributed by atoms with E-state index >= 15 is 0 Å². The van der Waals surface area contributed by atoms with E-state index in [-0.39, 0.29) is 22.3 Å². The van der Waals surface area contributed by atoms with E-state index in [0.29, 0.717) is 0 Å². The lowest BCUT2D eigenvalue weighted by Gasteiger charge is -2.08. The second kappa shape index (κ2) is 6.86. The van der Waals surface area contributed by atoms with Gasteiger partial charge in [-0.25, -0.2) is 22.8 Å². The highest BCUT2D eigenvalue weighted by Gasteiger charge is 2.14. The van der Waals surface area contributed by atoms with Crippen LogP contribution in [0.3, 0.4) is 0 Å². The van der Waals surface area contributed by atoms with Crippen molar-refractivity contribution in [3.63, 3.8) is 0 Å². The Morgan fingerprint density at radius 2 is 1.64 bits per heavy atom. The molecule has 0 amide bonds. The number of benzene rings is 2. The molecule has 8 heteroatoms. The number of sulfonamides is 1. The van der Waals surface area contributed by atoms with Crippen molar-refractivity contribution in [2.24, 2.45) is 0 Å². The van der Waals surface area contributed by atoms with Gasteiger partial charge in [0.2, 0.25) is 0 Å². The Labute approximate surface area is 144 Å². The molecule has 0 atom stereocenters. The number of aromatic nitrogens is 2. The van der Waals surface area contributed by atoms with Crippen LogP contribution in [0, 0.1) is 12.7 Å². The van der Waals surface area contributed by atoms with Gasteiger partial charge in [0.05, 0.1) is 23.0 Å². The van der Waals surface area contributed by atoms with Crippen molar-refractivity contribution in [1.29, 1.82) is 0 Å². The van der Waals surface area contributed by atoms with Gasteiger partial charge < -0.3 is 4.74 Å². The number of nitrogens with one attached hydrogen (secondary N) is 1. The first kappa shape index (κ1) is 16.8. The first-order chi connectivity index (χ1) is 11.9. The number of ether oxygens (including phenoxy) is 1. The zero-order valence-corrected chi connectivity index (χ0v) is 14.0. The number of nitrogens with zero attached hydrogens (tertiary/aromatic N) is 2. The van der Waals surface area contributed by atoms with Crippen LogP contribution in [0.15, 0.2) is 65.8 Å². The number of hydrogen-bond acceptors (Lipinski definition) is 5. The molecule has 1 aromatic heterocycles. The largest absolute Gasteiger partial charge is 0.421 e. The van der Waals surface area contributed by atoms with Crippen molar-refractivity contribution in [3.05, 3.63) is 72.3 Å². The summed E-state index contributed by atoms with van der Waals surface area (Å²) in [4.78, 5) is 7.89. The molecular formula is C17H14FN3O3S. The number of hydrogen-bond donors (Lipinski definition) is 1. The molecule has 3 rings (SSSR count). The quantitative estimate of drug-likeness (QED) is 0.754. The van der Waals surface area contributed by atoms with E-state index in [4.69, 9.17) is 4.74 Å². The van der Waals surface area contributed by atoms with Crippen LogP contribution in [0.2, 0.25) is 0 Å². The molecule has 0 aliphatic rings. The lowest BCUT2D eigenvalue weighted by Crippen LogP contribution is -2.13. The summed E-state index contributed by atoms with van der Waals surface area (Å²) in [6.07, 6.45) is 2.49. The monoisotopic (exact) mass is 359 g/mol. The first-order valence-corrected chi connectivity index (χ1v) is 8.76. The minimum Gasteiger partial charge on any atom is -0.421 e. The van der Waals surface area contributed by atoms with Gasteiger partial charge in [-0.1, -0.05) is 29.8 Å². The third-order valence-corrected chi connectivity index (χ3v) is 4.65. The fourth-order valence-corrected chi connectivity index (χ4v) is 3.01. The SMILES string of the molecule is Cc1ccc(S(=O)(=O)Nc2cnc(Oc3ccccc3F)nc2)cc1. The second-order valence-corrected chi connectivity index (χ2v) is 6.89. The molecule has 0 unspecified atom stereocenters. The van der Waals surface area contributed by atoms with Gasteiger partial charge in [0.25, 0.3) is 10.0 Å². The molecule has 128 valence electrons. The minimum absolute atomic E-state index is 0.0181. The highest BCUT2D eigenvalue weighted by atomic mass is 32.2. The second-order valence-electron chi connectivity index (χ2n) is 5.21. The molecule has 1 N–H and O–H groups in total. The van der Waals surface area contributed by atoms with Crippen molar-refractivity contribution in [2.45, 2.75) is 11.8 Å². The Balaban J connectivity index is 1.74. The molecule has 0 aliphatic carbocycles. The van der Waals surface area contributed by atoms with Crippen LogP contribution in [-0.4, -0.2) is 18.4 Å². The van der Waals surface area contributed by atoms with Gasteiger partial charge in [0.1, 0.15) is 0 Å². The third kappa shape index (κ3) is 4.10. The molecule has 0 saturated heterocycles. The fourth-order valence-electron chi connectivity index (χ4n) is 1.98. The Morgan fingerprint density at radius 1 is 1.00 bits per heavy atom. The molecule has 0 aliphatic heterocycles. The van der Waals surface area contributed by atoms with Crippen LogP contribution >= 0.6 is 0 Å². The van der Waals surface area contributed by atoms with Crippen LogP contribution in [0.1, 0.15) is 5.56 Å². The Hall–Kier alpha value is -3.00. The summed E-state index contributed by atoms with van der Waals surface area (Å²) >= 11 is 0. The van der Waals surface area contributed by atoms with E-state index in [1.54, 1.807) is 18.2 Å². The smallest absolute Gasteiger partial charge is 0.322 e. The Morgan fingerprint density at radius 3 is 2.28 bits per heavy atom. The third-order valence-electron chi connectivity index (χ3n) is 3.25. The Bertz CT molecular complexity index is 975. The summed E-state index contributed by atoms with van der Waals surface area (Å²) in [5.41, 5.74) is 1.12. The molecule has 0 spiro atoms. The highest BCUT2D eigenvalue weighted by Crippen LogP contribution is 2.22. The van der Waals surface area contributed by atoms with Gasteiger partial charge in [-0.2, -0.15) is 0 Å². The minimum atomic E-state index is -3.74. The topological polar surface area (TPSA) is 81.2 Å². The van der Waals surface area contributed by atoms with Crippen LogP contribution in [0.5, 0.6) is 11.8 Å². The zero-order chi connectivity index (χ0) is 17.9. The standard InChI is InChI=1S/C17H14FN3O3S/c1-12-6-8-14(9-7-12)25(22,23)21-13-10-19-17(20-11-13)24-16-5-3-2-4-15(16)18/h2-11,21H,1H3. The van der Waals surface area contributed by atoms with Gasteiger partial charge in [-0.15, -0.1) is 0 Å². The molecule has 0 bridgehead atoms. The van der Waals surface area contributed by atoms with E-state index in [1.165, 1.54) is 42.7 Å². The normalized spacial score (nSPS) is 11.1. The average molecular weight is 359 g/mol.